The number of hydrazine groups is 1. The fraction of sp³-hybridized carbons (Fsp3) is 0.527. The SMILES string of the molecule is COC(=O)N[C@H](C(=O)NN(Cc1c(F)cc(C(N)=CC=NC2CC2)cc1F)C[C@H](O)[C@H](Cc1ccc(C#Cc2ccc(N3CC4CCC(C3)N4C3COC3)nc2)cc1)NC(=O)[C@@H](NC(=O)OC)C(C)(C)C(F)(F)F)C(C)(C)C. The number of benzene rings is 2. The zero-order chi connectivity index (χ0) is 56.7. The lowest BCUT2D eigenvalue weighted by atomic mass is 9.82. The molecule has 1 saturated carbocycles. The molecule has 23 heteroatoms. The summed E-state index contributed by atoms with van der Waals surface area (Å²) in [7, 11) is 1.98. The normalized spacial score (nSPS) is 19.7. The van der Waals surface area contributed by atoms with E-state index in [1.54, 1.807) is 51.2 Å². The molecule has 78 heavy (non-hydrogen) atoms. The first kappa shape index (κ1) is 58.8. The van der Waals surface area contributed by atoms with Crippen molar-refractivity contribution in [3.05, 3.63) is 100 Å². The van der Waals surface area contributed by atoms with Gasteiger partial charge in [-0.05, 0) is 99.4 Å². The Balaban J connectivity index is 1.15. The Kier molecular flexibility index (Phi) is 18.7. The van der Waals surface area contributed by atoms with Gasteiger partial charge < -0.3 is 45.9 Å². The topological polar surface area (TPSA) is 225 Å². The van der Waals surface area contributed by atoms with E-state index >= 15 is 8.78 Å². The molecule has 3 aliphatic heterocycles. The number of aromatic nitrogens is 1. The molecule has 6 atom stereocenters. The number of anilines is 1. The molecule has 4 fully saturated rings. The van der Waals surface area contributed by atoms with Crippen LogP contribution in [0.4, 0.5) is 37.4 Å². The van der Waals surface area contributed by atoms with Crippen LogP contribution in [0, 0.1) is 34.3 Å². The number of alkyl carbamates (subject to hydrolysis) is 2. The van der Waals surface area contributed by atoms with E-state index in [2.05, 4.69) is 47.4 Å². The van der Waals surface area contributed by atoms with Gasteiger partial charge >= 0.3 is 18.4 Å². The third kappa shape index (κ3) is 14.8. The predicted octanol–water partition coefficient (Wildman–Crippen LogP) is 5.35. The fourth-order valence-corrected chi connectivity index (χ4v) is 9.60. The van der Waals surface area contributed by atoms with E-state index in [-0.39, 0.29) is 23.7 Å². The Bertz CT molecular complexity index is 2720. The summed E-state index contributed by atoms with van der Waals surface area (Å²) in [6, 6.07) is 8.77. The van der Waals surface area contributed by atoms with Crippen LogP contribution in [0.5, 0.6) is 0 Å². The van der Waals surface area contributed by atoms with Crippen molar-refractivity contribution in [2.75, 3.05) is 52.0 Å². The van der Waals surface area contributed by atoms with Crippen LogP contribution in [0.25, 0.3) is 5.70 Å². The molecule has 7 N–H and O–H groups in total. The maximum atomic E-state index is 16.1. The summed E-state index contributed by atoms with van der Waals surface area (Å²) >= 11 is 0. The van der Waals surface area contributed by atoms with Crippen LogP contribution in [0.15, 0.2) is 65.8 Å². The summed E-state index contributed by atoms with van der Waals surface area (Å²) in [5.74, 6) is 2.59. The molecule has 18 nitrogen and oxygen atoms in total. The number of halogens is 5. The third-order valence-corrected chi connectivity index (χ3v) is 14.5. The van der Waals surface area contributed by atoms with Gasteiger partial charge in [0.05, 0.1) is 57.1 Å². The molecule has 1 aromatic heterocycles. The first-order valence-corrected chi connectivity index (χ1v) is 25.8. The number of allylic oxidation sites excluding steroid dienone is 1. The van der Waals surface area contributed by atoms with Crippen LogP contribution >= 0.6 is 0 Å². The highest BCUT2D eigenvalue weighted by molar-refractivity contribution is 5.87. The van der Waals surface area contributed by atoms with Gasteiger partial charge in [0.15, 0.2) is 0 Å². The maximum Gasteiger partial charge on any atom is 0.407 e. The lowest BCUT2D eigenvalue weighted by molar-refractivity contribution is -0.220. The average molecular weight is 1090 g/mol. The van der Waals surface area contributed by atoms with Crippen molar-refractivity contribution in [1.29, 1.82) is 0 Å². The lowest BCUT2D eigenvalue weighted by Crippen LogP contribution is -2.63. The number of aliphatic hydroxyl groups excluding tert-OH is 1. The molecule has 2 aromatic carbocycles. The Labute approximate surface area is 450 Å². The number of amides is 4. The Morgan fingerprint density at radius 3 is 1.97 bits per heavy atom. The highest BCUT2D eigenvalue weighted by atomic mass is 19.4. The second-order valence-electron chi connectivity index (χ2n) is 21.8. The molecule has 0 spiro atoms. The number of nitrogens with zero attached hydrogens (tertiary/aromatic N) is 5. The van der Waals surface area contributed by atoms with Crippen LogP contribution in [-0.2, 0) is 36.8 Å². The number of piperazine rings is 1. The summed E-state index contributed by atoms with van der Waals surface area (Å²) in [4.78, 5) is 67.0. The number of fused-ring (bicyclic) bond motifs is 2. The summed E-state index contributed by atoms with van der Waals surface area (Å²) in [5, 5.41) is 20.0. The van der Waals surface area contributed by atoms with Crippen molar-refractivity contribution in [3.63, 3.8) is 0 Å². The summed E-state index contributed by atoms with van der Waals surface area (Å²) < 4.78 is 90.7. The zero-order valence-corrected chi connectivity index (χ0v) is 44.8. The number of methoxy groups -OCH3 is 2. The van der Waals surface area contributed by atoms with Gasteiger partial charge in [-0.2, -0.15) is 13.2 Å². The molecule has 3 saturated heterocycles. The quantitative estimate of drug-likeness (QED) is 0.0386. The molecule has 4 amide bonds. The number of hydrogen-bond donors (Lipinski definition) is 6. The molecule has 4 heterocycles. The summed E-state index contributed by atoms with van der Waals surface area (Å²) in [6.45, 7) is 8.08. The molecular weight excluding hydrogens is 1020 g/mol. The number of pyridine rings is 1. The lowest BCUT2D eigenvalue weighted by Gasteiger charge is -2.47. The van der Waals surface area contributed by atoms with Crippen molar-refractivity contribution >= 4 is 41.7 Å². The molecule has 3 aromatic rings. The van der Waals surface area contributed by atoms with Crippen molar-refractivity contribution in [1.82, 2.24) is 36.3 Å². The number of hydrogen-bond acceptors (Lipinski definition) is 14. The van der Waals surface area contributed by atoms with E-state index in [0.29, 0.717) is 48.7 Å². The largest absolute Gasteiger partial charge is 0.453 e. The van der Waals surface area contributed by atoms with Gasteiger partial charge in [-0.25, -0.2) is 28.4 Å². The van der Waals surface area contributed by atoms with Gasteiger partial charge in [-0.3, -0.25) is 24.9 Å². The van der Waals surface area contributed by atoms with Crippen LogP contribution in [-0.4, -0.2) is 152 Å². The van der Waals surface area contributed by atoms with E-state index in [9.17, 15) is 37.5 Å². The van der Waals surface area contributed by atoms with Crippen LogP contribution in [0.3, 0.4) is 0 Å². The van der Waals surface area contributed by atoms with Crippen molar-refractivity contribution in [2.24, 2.45) is 21.6 Å². The van der Waals surface area contributed by atoms with E-state index in [1.165, 1.54) is 12.3 Å². The molecule has 2 bridgehead atoms. The minimum absolute atomic E-state index is 0.00703. The van der Waals surface area contributed by atoms with E-state index in [1.807, 2.05) is 17.4 Å². The average Bonchev–Trinajstić information content (AvgIpc) is 4.21. The molecule has 4 aliphatic rings. The van der Waals surface area contributed by atoms with Gasteiger partial charge in [-0.15, -0.1) is 0 Å². The smallest absolute Gasteiger partial charge is 0.407 e. The third-order valence-electron chi connectivity index (χ3n) is 14.5. The van der Waals surface area contributed by atoms with Crippen molar-refractivity contribution in [2.45, 2.75) is 128 Å². The van der Waals surface area contributed by atoms with Crippen LogP contribution in [0.2, 0.25) is 0 Å². The van der Waals surface area contributed by atoms with Crippen LogP contribution < -0.4 is 32.0 Å². The van der Waals surface area contributed by atoms with Gasteiger partial charge in [0.2, 0.25) is 5.91 Å². The van der Waals surface area contributed by atoms with Gasteiger partial charge in [-0.1, -0.05) is 44.7 Å². The maximum absolute atomic E-state index is 16.1. The summed E-state index contributed by atoms with van der Waals surface area (Å²) in [6.07, 6.45) is -0.823. The highest BCUT2D eigenvalue weighted by Gasteiger charge is 2.56. The first-order chi connectivity index (χ1) is 36.8. The molecular formula is C55H69F5N10O8. The molecule has 422 valence electrons. The minimum atomic E-state index is -5.06. The Hall–Kier alpha value is -6.87. The minimum Gasteiger partial charge on any atom is -0.453 e. The van der Waals surface area contributed by atoms with Crippen LogP contribution in [0.1, 0.15) is 88.1 Å². The van der Waals surface area contributed by atoms with Gasteiger partial charge in [0.25, 0.3) is 5.91 Å². The number of aliphatic hydroxyl groups is 1. The fourth-order valence-electron chi connectivity index (χ4n) is 9.60. The molecule has 0 radical (unpaired) electrons. The zero-order valence-electron chi connectivity index (χ0n) is 44.8. The molecule has 7 rings (SSSR count). The number of rotatable bonds is 19. The van der Waals surface area contributed by atoms with E-state index < -0.39 is 95.5 Å². The molecule has 1 aliphatic carbocycles. The van der Waals surface area contributed by atoms with E-state index in [0.717, 1.165) is 89.2 Å². The predicted molar refractivity (Wildman–Crippen MR) is 280 cm³/mol. The number of nitrogens with one attached hydrogen (secondary N) is 4. The van der Waals surface area contributed by atoms with Crippen molar-refractivity contribution < 1.29 is 60.4 Å². The van der Waals surface area contributed by atoms with Gasteiger partial charge in [0.1, 0.15) is 29.5 Å². The number of nitrogens with two attached hydrogens (primary N) is 1. The summed E-state index contributed by atoms with van der Waals surface area (Å²) in [5.41, 5.74) is 5.81. The Morgan fingerprint density at radius 2 is 1.45 bits per heavy atom. The number of alkyl halides is 3. The number of aliphatic imine (C=N–C) groups is 1. The second-order valence-corrected chi connectivity index (χ2v) is 21.8. The standard InChI is InChI=1S/C55H69F5N10O8/c1-53(2,3)47(65-51(74)76-6)50(73)67-69(28-40-41(56)23-35(24-42(40)57)43(61)20-21-62-36-15-16-36)29-45(71)44(64-49(72)48(66-52(75)77-7)54(4,5)55(58,59)60)22-33-11-8-32(9-12-33)10-13-34-14-19-46(63-25-34)68-26-37-17-18-38(27-68)70(37)39-30-78-31-39/h8-9,11-12,14,19-21,23-25,36-39,44-45,47-48,71H,15-18,22,26-31,61H2,1-7H3,(H,64,72)(H,65,74)(H,66,75)(H,67,73)/t37?,38?,44-,45-,47+,48+/m0/s1. The van der Waals surface area contributed by atoms with Crippen molar-refractivity contribution in [3.8, 4) is 11.8 Å². The van der Waals surface area contributed by atoms with Gasteiger partial charge in [0, 0.05) is 78.6 Å². The Morgan fingerprint density at radius 1 is 0.859 bits per heavy atom. The first-order valence-electron chi connectivity index (χ1n) is 25.8. The molecule has 2 unspecified atom stereocenters. The number of ether oxygens (including phenoxy) is 3. The van der Waals surface area contributed by atoms with E-state index in [4.69, 9.17) is 20.2 Å². The number of carbonyl (C=O) groups is 4. The second kappa shape index (κ2) is 24.9. The number of carbonyl (C=O) groups excluding carboxylic acids is 4. The monoisotopic (exact) mass is 1090 g/mol. The highest BCUT2D eigenvalue weighted by Crippen LogP contribution is 2.41.